The van der Waals surface area contributed by atoms with Gasteiger partial charge in [0.1, 0.15) is 12.7 Å². The van der Waals surface area contributed by atoms with Crippen LogP contribution in [-0.4, -0.2) is 55.0 Å². The van der Waals surface area contributed by atoms with Crippen LogP contribution in [0.5, 0.6) is 0 Å². The summed E-state index contributed by atoms with van der Waals surface area (Å²) in [5.41, 5.74) is 5.47. The van der Waals surface area contributed by atoms with Gasteiger partial charge in [0.15, 0.2) is 11.6 Å². The van der Waals surface area contributed by atoms with Crippen molar-refractivity contribution in [3.63, 3.8) is 0 Å². The van der Waals surface area contributed by atoms with E-state index < -0.39 is 18.2 Å². The van der Waals surface area contributed by atoms with Gasteiger partial charge in [-0.05, 0) is 59.8 Å². The third-order valence-corrected chi connectivity index (χ3v) is 8.50. The standard InChI is InChI=1S/C33H39NO5/c1-4-9-23(32(38-3)31(36)17-22-14-15-22)18-30(35)29-16-21(2)19-34(29)33(37)39-20-28-26-12-7-5-10-24(26)25-11-6-8-13-27(25)28/h5-8,10-13,22-23,28-29,32H,2,4,9,14-20H2,1,3H3/t23-,29-,32?/m0/s1. The molecule has 1 aliphatic heterocycles. The first-order valence-corrected chi connectivity index (χ1v) is 14.3. The molecule has 2 fully saturated rings. The molecule has 6 nitrogen and oxygen atoms in total. The van der Waals surface area contributed by atoms with Gasteiger partial charge in [-0.3, -0.25) is 14.5 Å². The minimum Gasteiger partial charge on any atom is -0.448 e. The van der Waals surface area contributed by atoms with Crippen molar-refractivity contribution in [3.05, 3.63) is 71.8 Å². The van der Waals surface area contributed by atoms with Gasteiger partial charge < -0.3 is 9.47 Å². The van der Waals surface area contributed by atoms with Crippen molar-refractivity contribution in [2.75, 3.05) is 20.3 Å². The van der Waals surface area contributed by atoms with Gasteiger partial charge in [0.05, 0.1) is 6.04 Å². The highest BCUT2D eigenvalue weighted by Crippen LogP contribution is 2.44. The largest absolute Gasteiger partial charge is 0.448 e. The molecule has 2 aliphatic carbocycles. The first-order chi connectivity index (χ1) is 18.9. The van der Waals surface area contributed by atoms with Crippen molar-refractivity contribution < 1.29 is 23.9 Å². The van der Waals surface area contributed by atoms with E-state index in [1.54, 1.807) is 7.11 Å². The Morgan fingerprint density at radius 3 is 2.26 bits per heavy atom. The maximum absolute atomic E-state index is 13.6. The Morgan fingerprint density at radius 2 is 1.67 bits per heavy atom. The normalized spacial score (nSPS) is 19.9. The van der Waals surface area contributed by atoms with Gasteiger partial charge in [0.25, 0.3) is 0 Å². The maximum Gasteiger partial charge on any atom is 0.410 e. The third kappa shape index (κ3) is 5.86. The number of ketones is 2. The number of likely N-dealkylation sites (tertiary alicyclic amines) is 1. The Bertz CT molecular complexity index is 1200. The number of benzene rings is 2. The summed E-state index contributed by atoms with van der Waals surface area (Å²) in [5, 5.41) is 0. The highest BCUT2D eigenvalue weighted by molar-refractivity contribution is 5.90. The molecule has 1 unspecified atom stereocenters. The van der Waals surface area contributed by atoms with Crippen molar-refractivity contribution in [3.8, 4) is 11.1 Å². The molecule has 1 heterocycles. The van der Waals surface area contributed by atoms with E-state index in [0.29, 0.717) is 25.3 Å². The zero-order valence-corrected chi connectivity index (χ0v) is 23.1. The number of rotatable bonds is 12. The minimum atomic E-state index is -0.622. The van der Waals surface area contributed by atoms with Crippen LogP contribution in [-0.2, 0) is 19.1 Å². The molecule has 3 aliphatic rings. The van der Waals surface area contributed by atoms with Gasteiger partial charge in [-0.25, -0.2) is 4.79 Å². The Morgan fingerprint density at radius 1 is 1.03 bits per heavy atom. The van der Waals surface area contributed by atoms with E-state index in [-0.39, 0.29) is 36.4 Å². The molecule has 1 amide bonds. The zero-order valence-electron chi connectivity index (χ0n) is 23.1. The zero-order chi connectivity index (χ0) is 27.5. The average Bonchev–Trinajstić information content (AvgIpc) is 3.57. The number of carbonyl (C=O) groups is 3. The fourth-order valence-electron chi connectivity index (χ4n) is 6.39. The number of methoxy groups -OCH3 is 1. The number of ether oxygens (including phenoxy) is 2. The van der Waals surface area contributed by atoms with Crippen LogP contribution in [0.1, 0.15) is 68.9 Å². The number of fused-ring (bicyclic) bond motifs is 3. The summed E-state index contributed by atoms with van der Waals surface area (Å²) in [5.74, 6) is 0.264. The van der Waals surface area contributed by atoms with Crippen LogP contribution in [0, 0.1) is 11.8 Å². The van der Waals surface area contributed by atoms with Crippen LogP contribution in [0.2, 0.25) is 0 Å². The Kier molecular flexibility index (Phi) is 8.31. The molecule has 0 spiro atoms. The van der Waals surface area contributed by atoms with E-state index in [1.807, 2.05) is 24.3 Å². The van der Waals surface area contributed by atoms with Crippen LogP contribution < -0.4 is 0 Å². The van der Waals surface area contributed by atoms with Crippen LogP contribution in [0.3, 0.4) is 0 Å². The molecule has 1 saturated carbocycles. The molecule has 6 heteroatoms. The predicted octanol–water partition coefficient (Wildman–Crippen LogP) is 6.33. The van der Waals surface area contributed by atoms with E-state index in [1.165, 1.54) is 16.0 Å². The molecular formula is C33H39NO5. The number of hydrogen-bond donors (Lipinski definition) is 0. The second-order valence-electron chi connectivity index (χ2n) is 11.4. The molecule has 2 aromatic carbocycles. The van der Waals surface area contributed by atoms with Crippen LogP contribution in [0.15, 0.2) is 60.7 Å². The Hall–Kier alpha value is -3.25. The summed E-state index contributed by atoms with van der Waals surface area (Å²) in [4.78, 5) is 41.4. The second kappa shape index (κ2) is 11.9. The summed E-state index contributed by atoms with van der Waals surface area (Å²) >= 11 is 0. The molecule has 39 heavy (non-hydrogen) atoms. The lowest BCUT2D eigenvalue weighted by atomic mass is 9.86. The number of amides is 1. The highest BCUT2D eigenvalue weighted by Gasteiger charge is 2.40. The number of nitrogens with zero attached hydrogens (tertiary/aromatic N) is 1. The summed E-state index contributed by atoms with van der Waals surface area (Å²) in [7, 11) is 1.56. The molecule has 0 N–H and O–H groups in total. The smallest absolute Gasteiger partial charge is 0.410 e. The van der Waals surface area contributed by atoms with Crippen molar-refractivity contribution in [2.24, 2.45) is 11.8 Å². The Labute approximate surface area is 231 Å². The van der Waals surface area contributed by atoms with Crippen molar-refractivity contribution in [1.82, 2.24) is 4.90 Å². The Balaban J connectivity index is 1.26. The van der Waals surface area contributed by atoms with Crippen LogP contribution in [0.25, 0.3) is 11.1 Å². The summed E-state index contributed by atoms with van der Waals surface area (Å²) < 4.78 is 11.5. The number of Topliss-reactive ketones (excluding diaryl/α,β-unsaturated/α-hetero) is 2. The average molecular weight is 530 g/mol. The van der Waals surface area contributed by atoms with Gasteiger partial charge in [0.2, 0.25) is 0 Å². The van der Waals surface area contributed by atoms with Crippen LogP contribution in [0.4, 0.5) is 4.79 Å². The van der Waals surface area contributed by atoms with E-state index >= 15 is 0 Å². The molecular weight excluding hydrogens is 490 g/mol. The van der Waals surface area contributed by atoms with E-state index in [9.17, 15) is 14.4 Å². The van der Waals surface area contributed by atoms with Gasteiger partial charge in [-0.1, -0.05) is 74.0 Å². The van der Waals surface area contributed by atoms with Gasteiger partial charge in [0, 0.05) is 32.4 Å². The van der Waals surface area contributed by atoms with Crippen LogP contribution >= 0.6 is 0 Å². The van der Waals surface area contributed by atoms with Gasteiger partial charge >= 0.3 is 6.09 Å². The monoisotopic (exact) mass is 529 g/mol. The first-order valence-electron chi connectivity index (χ1n) is 14.3. The topological polar surface area (TPSA) is 72.9 Å². The third-order valence-electron chi connectivity index (χ3n) is 8.50. The summed E-state index contributed by atoms with van der Waals surface area (Å²) in [6.07, 6.45) is 3.84. The first kappa shape index (κ1) is 27.3. The summed E-state index contributed by atoms with van der Waals surface area (Å²) in [6, 6.07) is 15.8. The lowest BCUT2D eigenvalue weighted by Crippen LogP contribution is -2.43. The fourth-order valence-corrected chi connectivity index (χ4v) is 6.39. The molecule has 5 rings (SSSR count). The van der Waals surface area contributed by atoms with Gasteiger partial charge in [-0.15, -0.1) is 0 Å². The van der Waals surface area contributed by atoms with Crippen molar-refractivity contribution >= 4 is 17.7 Å². The maximum atomic E-state index is 13.6. The van der Waals surface area contributed by atoms with Gasteiger partial charge in [-0.2, -0.15) is 0 Å². The fraction of sp³-hybridized carbons (Fsp3) is 0.485. The molecule has 206 valence electrons. The molecule has 0 aromatic heterocycles. The molecule has 0 bridgehead atoms. The van der Waals surface area contributed by atoms with E-state index in [4.69, 9.17) is 9.47 Å². The second-order valence-corrected chi connectivity index (χ2v) is 11.4. The SMILES string of the molecule is C=C1C[C@@H](C(=O)C[C@H](CCC)C(OC)C(=O)CC2CC2)N(C(=O)OCC2c3ccccc3-c3ccccc32)C1. The molecule has 1 saturated heterocycles. The molecule has 0 radical (unpaired) electrons. The lowest BCUT2D eigenvalue weighted by Gasteiger charge is -2.28. The van der Waals surface area contributed by atoms with Crippen molar-refractivity contribution in [1.29, 1.82) is 0 Å². The quantitative estimate of drug-likeness (QED) is 0.301. The summed E-state index contributed by atoms with van der Waals surface area (Å²) in [6.45, 7) is 6.63. The van der Waals surface area contributed by atoms with E-state index in [2.05, 4.69) is 37.8 Å². The predicted molar refractivity (Wildman–Crippen MR) is 150 cm³/mol. The van der Waals surface area contributed by atoms with E-state index in [0.717, 1.165) is 42.4 Å². The molecule has 2 aromatic rings. The van der Waals surface area contributed by atoms with Crippen molar-refractivity contribution in [2.45, 2.75) is 69.9 Å². The molecule has 3 atom stereocenters. The number of carbonyl (C=O) groups excluding carboxylic acids is 3. The lowest BCUT2D eigenvalue weighted by molar-refractivity contribution is -0.134. The number of hydrogen-bond acceptors (Lipinski definition) is 5. The minimum absolute atomic E-state index is 0.0461. The highest BCUT2D eigenvalue weighted by atomic mass is 16.6.